The van der Waals surface area contributed by atoms with Crippen LogP contribution in [0.5, 0.6) is 5.75 Å². The van der Waals surface area contributed by atoms with Gasteiger partial charge in [0, 0.05) is 23.7 Å². The zero-order valence-corrected chi connectivity index (χ0v) is 18.3. The van der Waals surface area contributed by atoms with Gasteiger partial charge in [-0.25, -0.2) is 8.42 Å². The second-order valence-electron chi connectivity index (χ2n) is 6.69. The second kappa shape index (κ2) is 10.1. The molecule has 0 saturated carbocycles. The number of hydrogen-bond donors (Lipinski definition) is 2. The van der Waals surface area contributed by atoms with E-state index in [9.17, 15) is 18.0 Å². The van der Waals surface area contributed by atoms with Crippen LogP contribution in [0.4, 0.5) is 0 Å². The standard InChI is InChI=1S/C20H22ClN3O6S/c1-29-17-6-5-14(11-18(17)31(27,28)24-7-9-30-10-8-24)12-19(25)22-23-20(26)15-3-2-4-16(21)13-15/h2-6,11,13H,7-10,12H2,1H3,(H,22,25)(H,23,26). The summed E-state index contributed by atoms with van der Waals surface area (Å²) in [5.41, 5.74) is 5.35. The normalized spacial score (nSPS) is 14.6. The molecule has 1 aliphatic rings. The third-order valence-corrected chi connectivity index (χ3v) is 6.74. The number of hydrogen-bond acceptors (Lipinski definition) is 6. The van der Waals surface area contributed by atoms with Gasteiger partial charge in [0.25, 0.3) is 5.91 Å². The highest BCUT2D eigenvalue weighted by molar-refractivity contribution is 7.89. The molecule has 11 heteroatoms. The number of sulfonamides is 1. The SMILES string of the molecule is COc1ccc(CC(=O)NNC(=O)c2cccc(Cl)c2)cc1S(=O)(=O)N1CCOCC1. The maximum absolute atomic E-state index is 13.0. The number of ether oxygens (including phenoxy) is 2. The van der Waals surface area contributed by atoms with Gasteiger partial charge in [-0.15, -0.1) is 0 Å². The molecule has 0 aromatic heterocycles. The molecule has 31 heavy (non-hydrogen) atoms. The molecule has 1 aliphatic heterocycles. The first-order chi connectivity index (χ1) is 14.8. The van der Waals surface area contributed by atoms with Gasteiger partial charge in [-0.2, -0.15) is 4.31 Å². The summed E-state index contributed by atoms with van der Waals surface area (Å²) in [6, 6.07) is 10.8. The summed E-state index contributed by atoms with van der Waals surface area (Å²) < 4.78 is 37.8. The quantitative estimate of drug-likeness (QED) is 0.620. The van der Waals surface area contributed by atoms with Crippen molar-refractivity contribution in [1.29, 1.82) is 0 Å². The van der Waals surface area contributed by atoms with Crippen LogP contribution in [0.25, 0.3) is 0 Å². The van der Waals surface area contributed by atoms with Crippen LogP contribution in [0.1, 0.15) is 15.9 Å². The summed E-state index contributed by atoms with van der Waals surface area (Å²) in [5.74, 6) is -0.860. The van der Waals surface area contributed by atoms with Crippen molar-refractivity contribution in [3.63, 3.8) is 0 Å². The highest BCUT2D eigenvalue weighted by Crippen LogP contribution is 2.28. The molecule has 0 unspecified atom stereocenters. The Morgan fingerprint density at radius 3 is 2.55 bits per heavy atom. The van der Waals surface area contributed by atoms with Gasteiger partial charge in [0.1, 0.15) is 10.6 Å². The van der Waals surface area contributed by atoms with Gasteiger partial charge in [-0.1, -0.05) is 23.7 Å². The Morgan fingerprint density at radius 1 is 1.13 bits per heavy atom. The van der Waals surface area contributed by atoms with Crippen LogP contribution in [0.2, 0.25) is 5.02 Å². The van der Waals surface area contributed by atoms with E-state index in [4.69, 9.17) is 21.1 Å². The van der Waals surface area contributed by atoms with E-state index in [-0.39, 0.29) is 35.7 Å². The van der Waals surface area contributed by atoms with Crippen molar-refractivity contribution in [2.45, 2.75) is 11.3 Å². The minimum atomic E-state index is -3.81. The Morgan fingerprint density at radius 2 is 1.87 bits per heavy atom. The summed E-state index contributed by atoms with van der Waals surface area (Å²) in [4.78, 5) is 24.4. The zero-order valence-electron chi connectivity index (χ0n) is 16.8. The number of carbonyl (C=O) groups is 2. The van der Waals surface area contributed by atoms with Gasteiger partial charge >= 0.3 is 0 Å². The van der Waals surface area contributed by atoms with Crippen molar-refractivity contribution in [1.82, 2.24) is 15.2 Å². The first-order valence-corrected chi connectivity index (χ1v) is 11.2. The van der Waals surface area contributed by atoms with E-state index in [0.717, 1.165) is 0 Å². The van der Waals surface area contributed by atoms with Crippen LogP contribution in [0.3, 0.4) is 0 Å². The third-order valence-electron chi connectivity index (χ3n) is 4.58. The van der Waals surface area contributed by atoms with Crippen LogP contribution in [0.15, 0.2) is 47.4 Å². The van der Waals surface area contributed by atoms with Crippen LogP contribution in [-0.2, 0) is 26.0 Å². The van der Waals surface area contributed by atoms with E-state index < -0.39 is 21.8 Å². The lowest BCUT2D eigenvalue weighted by molar-refractivity contribution is -0.121. The molecule has 1 heterocycles. The molecule has 1 fully saturated rings. The molecule has 2 aromatic rings. The molecule has 2 N–H and O–H groups in total. The Kier molecular flexibility index (Phi) is 7.50. The number of benzene rings is 2. The van der Waals surface area contributed by atoms with Gasteiger partial charge in [0.2, 0.25) is 15.9 Å². The molecule has 0 radical (unpaired) electrons. The van der Waals surface area contributed by atoms with Crippen LogP contribution < -0.4 is 15.6 Å². The van der Waals surface area contributed by atoms with Crippen molar-refractivity contribution < 1.29 is 27.5 Å². The minimum Gasteiger partial charge on any atom is -0.495 e. The number of carbonyl (C=O) groups excluding carboxylic acids is 2. The molecular weight excluding hydrogens is 446 g/mol. The number of amides is 2. The van der Waals surface area contributed by atoms with E-state index in [1.54, 1.807) is 24.3 Å². The molecule has 0 spiro atoms. The van der Waals surface area contributed by atoms with Crippen molar-refractivity contribution >= 4 is 33.4 Å². The second-order valence-corrected chi connectivity index (χ2v) is 9.03. The van der Waals surface area contributed by atoms with Crippen LogP contribution >= 0.6 is 11.6 Å². The van der Waals surface area contributed by atoms with Crippen LogP contribution in [0, 0.1) is 0 Å². The Balaban J connectivity index is 1.69. The summed E-state index contributed by atoms with van der Waals surface area (Å²) in [7, 11) is -2.43. The third kappa shape index (κ3) is 5.73. The van der Waals surface area contributed by atoms with Gasteiger partial charge in [0.05, 0.1) is 26.7 Å². The number of nitrogens with one attached hydrogen (secondary N) is 2. The van der Waals surface area contributed by atoms with E-state index in [0.29, 0.717) is 23.8 Å². The Bertz CT molecular complexity index is 1070. The fourth-order valence-electron chi connectivity index (χ4n) is 3.02. The highest BCUT2D eigenvalue weighted by atomic mass is 35.5. The predicted molar refractivity (Wildman–Crippen MR) is 113 cm³/mol. The number of rotatable bonds is 6. The maximum Gasteiger partial charge on any atom is 0.269 e. The summed E-state index contributed by atoms with van der Waals surface area (Å²) in [5, 5.41) is 0.395. The zero-order chi connectivity index (χ0) is 22.4. The topological polar surface area (TPSA) is 114 Å². The number of morpholine rings is 1. The molecule has 3 rings (SSSR count). The number of methoxy groups -OCH3 is 1. The molecule has 2 amide bonds. The Hall–Kier alpha value is -2.66. The molecule has 0 bridgehead atoms. The number of nitrogens with zero attached hydrogens (tertiary/aromatic N) is 1. The lowest BCUT2D eigenvalue weighted by Gasteiger charge is -2.26. The highest BCUT2D eigenvalue weighted by Gasteiger charge is 2.29. The fourth-order valence-corrected chi connectivity index (χ4v) is 4.82. The van der Waals surface area contributed by atoms with Crippen LogP contribution in [-0.4, -0.2) is 58.0 Å². The van der Waals surface area contributed by atoms with E-state index in [2.05, 4.69) is 10.9 Å². The molecule has 166 valence electrons. The fraction of sp³-hybridized carbons (Fsp3) is 0.300. The Labute approximate surface area is 185 Å². The van der Waals surface area contributed by atoms with Crippen molar-refractivity contribution in [2.75, 3.05) is 33.4 Å². The van der Waals surface area contributed by atoms with Gasteiger partial charge < -0.3 is 9.47 Å². The molecular formula is C20H22ClN3O6S. The first kappa shape index (κ1) is 23.0. The molecule has 0 aliphatic carbocycles. The van der Waals surface area contributed by atoms with Gasteiger partial charge in [0.15, 0.2) is 0 Å². The molecule has 0 atom stereocenters. The number of halogens is 1. The molecule has 9 nitrogen and oxygen atoms in total. The molecule has 2 aromatic carbocycles. The number of hydrazine groups is 1. The largest absolute Gasteiger partial charge is 0.495 e. The average Bonchev–Trinajstić information content (AvgIpc) is 2.78. The lowest BCUT2D eigenvalue weighted by Crippen LogP contribution is -2.42. The van der Waals surface area contributed by atoms with E-state index >= 15 is 0 Å². The average molecular weight is 468 g/mol. The van der Waals surface area contributed by atoms with Crippen molar-refractivity contribution in [3.8, 4) is 5.75 Å². The minimum absolute atomic E-state index is 0.0230. The van der Waals surface area contributed by atoms with E-state index in [1.165, 1.54) is 29.6 Å². The predicted octanol–water partition coefficient (Wildman–Crippen LogP) is 1.37. The molecule has 1 saturated heterocycles. The lowest BCUT2D eigenvalue weighted by atomic mass is 10.1. The summed E-state index contributed by atoms with van der Waals surface area (Å²) >= 11 is 5.85. The summed E-state index contributed by atoms with van der Waals surface area (Å²) in [6.45, 7) is 1.11. The smallest absolute Gasteiger partial charge is 0.269 e. The van der Waals surface area contributed by atoms with E-state index in [1.807, 2.05) is 0 Å². The van der Waals surface area contributed by atoms with Crippen molar-refractivity contribution in [3.05, 3.63) is 58.6 Å². The first-order valence-electron chi connectivity index (χ1n) is 9.41. The maximum atomic E-state index is 13.0. The van der Waals surface area contributed by atoms with Crippen molar-refractivity contribution in [2.24, 2.45) is 0 Å². The monoisotopic (exact) mass is 467 g/mol. The van der Waals surface area contributed by atoms with Gasteiger partial charge in [-0.3, -0.25) is 20.4 Å². The summed E-state index contributed by atoms with van der Waals surface area (Å²) in [6.07, 6.45) is -0.147. The van der Waals surface area contributed by atoms with Gasteiger partial charge in [-0.05, 0) is 35.9 Å².